The Bertz CT molecular complexity index is 873. The van der Waals surface area contributed by atoms with Crippen LogP contribution in [-0.2, 0) is 21.7 Å². The zero-order valence-electron chi connectivity index (χ0n) is 18.5. The highest BCUT2D eigenvalue weighted by molar-refractivity contribution is 5.29. The van der Waals surface area contributed by atoms with Gasteiger partial charge < -0.3 is 14.2 Å². The van der Waals surface area contributed by atoms with E-state index in [0.717, 1.165) is 50.1 Å². The molecule has 4 rings (SSSR count). The number of hydrogen-bond acceptors (Lipinski definition) is 4. The highest BCUT2D eigenvalue weighted by Crippen LogP contribution is 2.36. The van der Waals surface area contributed by atoms with Crippen LogP contribution in [0.25, 0.3) is 0 Å². The molecule has 1 atom stereocenters. The van der Waals surface area contributed by atoms with Gasteiger partial charge in [0.1, 0.15) is 11.6 Å². The van der Waals surface area contributed by atoms with Gasteiger partial charge in [0.2, 0.25) is 0 Å². The van der Waals surface area contributed by atoms with Crippen LogP contribution in [0.1, 0.15) is 37.3 Å². The molecule has 2 aromatic rings. The summed E-state index contributed by atoms with van der Waals surface area (Å²) >= 11 is 0. The van der Waals surface area contributed by atoms with Gasteiger partial charge in [-0.05, 0) is 62.6 Å². The van der Waals surface area contributed by atoms with Crippen LogP contribution < -0.4 is 4.74 Å². The van der Waals surface area contributed by atoms with Crippen molar-refractivity contribution in [1.82, 2.24) is 4.90 Å². The van der Waals surface area contributed by atoms with Crippen LogP contribution in [0, 0.1) is 5.82 Å². The highest BCUT2D eigenvalue weighted by Gasteiger charge is 2.38. The van der Waals surface area contributed by atoms with Crippen molar-refractivity contribution in [2.24, 2.45) is 0 Å². The van der Waals surface area contributed by atoms with E-state index in [1.165, 1.54) is 23.3 Å². The number of methoxy groups -OCH3 is 1. The molecule has 1 saturated heterocycles. The Morgan fingerprint density at radius 3 is 2.45 bits per heavy atom. The third-order valence-electron chi connectivity index (χ3n) is 6.33. The van der Waals surface area contributed by atoms with Crippen LogP contribution in [0.4, 0.5) is 4.39 Å². The van der Waals surface area contributed by atoms with Crippen LogP contribution in [-0.4, -0.2) is 44.4 Å². The molecule has 4 nitrogen and oxygen atoms in total. The van der Waals surface area contributed by atoms with E-state index in [4.69, 9.17) is 14.2 Å². The lowest BCUT2D eigenvalue weighted by Crippen LogP contribution is -2.40. The first-order chi connectivity index (χ1) is 15.1. The lowest BCUT2D eigenvalue weighted by Gasteiger charge is -2.35. The van der Waals surface area contributed by atoms with Crippen molar-refractivity contribution in [2.45, 2.75) is 44.4 Å². The van der Waals surface area contributed by atoms with E-state index in [1.807, 2.05) is 12.1 Å². The number of rotatable bonds is 8. The fourth-order valence-corrected chi connectivity index (χ4v) is 4.60. The normalized spacial score (nSPS) is 21.1. The minimum atomic E-state index is -0.749. The van der Waals surface area contributed by atoms with E-state index in [-0.39, 0.29) is 5.82 Å². The van der Waals surface area contributed by atoms with Gasteiger partial charge >= 0.3 is 0 Å². The van der Waals surface area contributed by atoms with Crippen molar-refractivity contribution >= 4 is 0 Å². The van der Waals surface area contributed by atoms with Crippen LogP contribution in [0.3, 0.4) is 0 Å². The molecule has 0 saturated carbocycles. The largest absolute Gasteiger partial charge is 0.497 e. The van der Waals surface area contributed by atoms with Crippen molar-refractivity contribution < 1.29 is 18.6 Å². The summed E-state index contributed by atoms with van der Waals surface area (Å²) in [4.78, 5) is 2.56. The Balaban J connectivity index is 1.40. The lowest BCUT2D eigenvalue weighted by atomic mass is 9.96. The van der Waals surface area contributed by atoms with E-state index in [9.17, 15) is 4.39 Å². The van der Waals surface area contributed by atoms with Crippen molar-refractivity contribution in [1.29, 1.82) is 0 Å². The SMILES string of the molecule is COc1ccc(CC2C=C(C)CCN2CCCC2(c3ccc(F)cc3)OCCO2)cc1. The molecule has 0 N–H and O–H groups in total. The van der Waals surface area contributed by atoms with Gasteiger partial charge in [0.05, 0.1) is 20.3 Å². The molecular formula is C26H32FNO3. The van der Waals surface area contributed by atoms with Crippen LogP contribution in [0.5, 0.6) is 5.75 Å². The summed E-state index contributed by atoms with van der Waals surface area (Å²) in [5.74, 6) is -0.104. The minimum absolute atomic E-state index is 0.242. The average molecular weight is 426 g/mol. The summed E-state index contributed by atoms with van der Waals surface area (Å²) in [5.41, 5.74) is 3.67. The van der Waals surface area contributed by atoms with Crippen LogP contribution in [0.15, 0.2) is 60.2 Å². The molecule has 2 heterocycles. The quantitative estimate of drug-likeness (QED) is 0.552. The monoisotopic (exact) mass is 425 g/mol. The minimum Gasteiger partial charge on any atom is -0.497 e. The molecule has 2 aliphatic heterocycles. The standard InChI is InChI=1S/C26H32FNO3/c1-20-12-15-28(24(18-20)19-21-4-10-25(29-2)11-5-21)14-3-13-26(30-16-17-31-26)22-6-8-23(27)9-7-22/h4-11,18,24H,3,12-17,19H2,1-2H3. The molecule has 31 heavy (non-hydrogen) atoms. The van der Waals surface area contributed by atoms with Gasteiger partial charge in [0, 0.05) is 24.6 Å². The number of hydrogen-bond donors (Lipinski definition) is 0. The topological polar surface area (TPSA) is 30.9 Å². The molecule has 0 aliphatic carbocycles. The number of nitrogens with zero attached hydrogens (tertiary/aromatic N) is 1. The van der Waals surface area contributed by atoms with E-state index < -0.39 is 5.79 Å². The van der Waals surface area contributed by atoms with E-state index in [2.05, 4.69) is 30.0 Å². The third kappa shape index (κ3) is 5.35. The maximum absolute atomic E-state index is 13.4. The van der Waals surface area contributed by atoms with Gasteiger partial charge in [-0.15, -0.1) is 0 Å². The summed E-state index contributed by atoms with van der Waals surface area (Å²) in [6, 6.07) is 15.3. The first-order valence-electron chi connectivity index (χ1n) is 11.2. The molecular weight excluding hydrogens is 393 g/mol. The molecule has 1 unspecified atom stereocenters. The maximum Gasteiger partial charge on any atom is 0.195 e. The summed E-state index contributed by atoms with van der Waals surface area (Å²) in [6.45, 7) is 5.41. The first kappa shape index (κ1) is 22.0. The molecule has 2 aliphatic rings. The molecule has 0 amide bonds. The van der Waals surface area contributed by atoms with Crippen molar-refractivity contribution in [2.75, 3.05) is 33.4 Å². The predicted octanol–water partition coefficient (Wildman–Crippen LogP) is 5.08. The fourth-order valence-electron chi connectivity index (χ4n) is 4.60. The number of benzene rings is 2. The zero-order chi connectivity index (χ0) is 21.7. The third-order valence-corrected chi connectivity index (χ3v) is 6.33. The van der Waals surface area contributed by atoms with Crippen molar-refractivity contribution in [3.8, 4) is 5.75 Å². The molecule has 1 fully saturated rings. The smallest absolute Gasteiger partial charge is 0.195 e. The van der Waals surface area contributed by atoms with Gasteiger partial charge in [-0.3, -0.25) is 4.90 Å². The number of ether oxygens (including phenoxy) is 3. The van der Waals surface area contributed by atoms with Crippen molar-refractivity contribution in [3.05, 3.63) is 77.1 Å². The molecule has 2 aromatic carbocycles. The van der Waals surface area contributed by atoms with Gasteiger partial charge in [0.25, 0.3) is 0 Å². The summed E-state index contributed by atoms with van der Waals surface area (Å²) in [5, 5.41) is 0. The van der Waals surface area contributed by atoms with E-state index >= 15 is 0 Å². The van der Waals surface area contributed by atoms with Gasteiger partial charge in [-0.25, -0.2) is 4.39 Å². The zero-order valence-corrected chi connectivity index (χ0v) is 18.5. The lowest BCUT2D eigenvalue weighted by molar-refractivity contribution is -0.172. The molecule has 0 spiro atoms. The van der Waals surface area contributed by atoms with E-state index in [0.29, 0.717) is 19.3 Å². The van der Waals surface area contributed by atoms with E-state index in [1.54, 1.807) is 19.2 Å². The maximum atomic E-state index is 13.4. The molecule has 0 bridgehead atoms. The Morgan fingerprint density at radius 2 is 1.77 bits per heavy atom. The number of halogens is 1. The van der Waals surface area contributed by atoms with Gasteiger partial charge in [0.15, 0.2) is 5.79 Å². The molecule has 0 aromatic heterocycles. The highest BCUT2D eigenvalue weighted by atomic mass is 19.1. The fraction of sp³-hybridized carbons (Fsp3) is 0.462. The first-order valence-corrected chi connectivity index (χ1v) is 11.2. The Morgan fingerprint density at radius 1 is 1.06 bits per heavy atom. The second-order valence-electron chi connectivity index (χ2n) is 8.48. The molecule has 0 radical (unpaired) electrons. The second kappa shape index (κ2) is 9.94. The van der Waals surface area contributed by atoms with Crippen LogP contribution >= 0.6 is 0 Å². The van der Waals surface area contributed by atoms with Crippen molar-refractivity contribution in [3.63, 3.8) is 0 Å². The summed E-state index contributed by atoms with van der Waals surface area (Å²) in [7, 11) is 1.69. The summed E-state index contributed by atoms with van der Waals surface area (Å²) < 4.78 is 30.7. The Kier molecular flexibility index (Phi) is 7.06. The Hall–Kier alpha value is -2.21. The van der Waals surface area contributed by atoms with Gasteiger partial charge in [-0.2, -0.15) is 0 Å². The Labute approximate surface area is 184 Å². The molecule has 166 valence electrons. The van der Waals surface area contributed by atoms with Gasteiger partial charge in [-0.1, -0.05) is 35.9 Å². The predicted molar refractivity (Wildman–Crippen MR) is 120 cm³/mol. The summed E-state index contributed by atoms with van der Waals surface area (Å²) in [6.07, 6.45) is 6.20. The average Bonchev–Trinajstić information content (AvgIpc) is 3.26. The second-order valence-corrected chi connectivity index (χ2v) is 8.48. The molecule has 5 heteroatoms. The van der Waals surface area contributed by atoms with Crippen LogP contribution in [0.2, 0.25) is 0 Å².